The van der Waals surface area contributed by atoms with Crippen molar-refractivity contribution in [1.29, 1.82) is 0 Å². The highest BCUT2D eigenvalue weighted by Gasteiger charge is 2.25. The molecule has 0 amide bonds. The molecule has 188 valence electrons. The van der Waals surface area contributed by atoms with E-state index in [-0.39, 0.29) is 5.69 Å². The largest absolute Gasteiger partial charge is 0.386 e. The minimum atomic E-state index is -0.892. The fraction of sp³-hybridized carbons (Fsp3) is 0.375. The Balaban J connectivity index is 1.29. The van der Waals surface area contributed by atoms with E-state index in [2.05, 4.69) is 30.1 Å². The summed E-state index contributed by atoms with van der Waals surface area (Å²) < 4.78 is 2.78. The standard InChI is InChI=1S/C24H27ClN8O2S/c1-3-20(22(34)17-4-6-18(25)7-5-17)33-24(35)32(15-27-33)19-8-9-21(26-14-19)30-10-12-31(13-11-30)23-29-28-16(2)36-23/h4-9,14-15,20,22,34H,3,10-13H2,1-2H3/t20-,22-/m1/s1. The third-order valence-corrected chi connectivity index (χ3v) is 7.55. The van der Waals surface area contributed by atoms with Crippen LogP contribution >= 0.6 is 22.9 Å². The average molecular weight is 527 g/mol. The molecule has 0 bridgehead atoms. The zero-order valence-electron chi connectivity index (χ0n) is 20.0. The monoisotopic (exact) mass is 526 g/mol. The number of halogens is 1. The molecule has 1 fully saturated rings. The predicted molar refractivity (Wildman–Crippen MR) is 140 cm³/mol. The molecule has 1 N–H and O–H groups in total. The van der Waals surface area contributed by atoms with Gasteiger partial charge in [0, 0.05) is 31.2 Å². The Morgan fingerprint density at radius 3 is 2.39 bits per heavy atom. The first-order valence-electron chi connectivity index (χ1n) is 11.8. The van der Waals surface area contributed by atoms with Crippen molar-refractivity contribution in [1.82, 2.24) is 29.5 Å². The SMILES string of the molecule is CC[C@H]([C@H](O)c1ccc(Cl)cc1)n1ncn(-c2ccc(N3CCN(c4nnc(C)s4)CC3)nc2)c1=O. The molecule has 36 heavy (non-hydrogen) atoms. The number of pyridine rings is 1. The Kier molecular flexibility index (Phi) is 7.04. The van der Waals surface area contributed by atoms with Crippen molar-refractivity contribution >= 4 is 33.9 Å². The number of benzene rings is 1. The van der Waals surface area contributed by atoms with Gasteiger partial charge in [-0.2, -0.15) is 5.10 Å². The van der Waals surface area contributed by atoms with Gasteiger partial charge in [0.1, 0.15) is 23.3 Å². The topological polar surface area (TPSA) is 105 Å². The van der Waals surface area contributed by atoms with E-state index in [1.165, 1.54) is 15.6 Å². The molecule has 4 heterocycles. The highest BCUT2D eigenvalue weighted by atomic mass is 35.5. The number of aliphatic hydroxyl groups is 1. The maximum atomic E-state index is 13.2. The van der Waals surface area contributed by atoms with Gasteiger partial charge in [-0.25, -0.2) is 19.0 Å². The molecule has 12 heteroatoms. The quantitative estimate of drug-likeness (QED) is 0.391. The van der Waals surface area contributed by atoms with Gasteiger partial charge in [0.15, 0.2) is 0 Å². The van der Waals surface area contributed by atoms with E-state index in [1.54, 1.807) is 41.8 Å². The number of anilines is 2. The first-order chi connectivity index (χ1) is 17.4. The minimum absolute atomic E-state index is 0.328. The van der Waals surface area contributed by atoms with E-state index in [0.717, 1.165) is 42.1 Å². The molecule has 4 aromatic rings. The van der Waals surface area contributed by atoms with Gasteiger partial charge in [-0.05, 0) is 43.2 Å². The second-order valence-corrected chi connectivity index (χ2v) is 10.2. The third kappa shape index (κ3) is 4.86. The van der Waals surface area contributed by atoms with Crippen LogP contribution in [0.25, 0.3) is 5.69 Å². The number of nitrogens with zero attached hydrogens (tertiary/aromatic N) is 8. The van der Waals surface area contributed by atoms with Crippen LogP contribution < -0.4 is 15.5 Å². The highest BCUT2D eigenvalue weighted by Crippen LogP contribution is 2.28. The Hall–Kier alpha value is -3.28. The third-order valence-electron chi connectivity index (χ3n) is 6.40. The maximum Gasteiger partial charge on any atom is 0.350 e. The fourth-order valence-corrected chi connectivity index (χ4v) is 5.25. The molecule has 5 rings (SSSR count). The van der Waals surface area contributed by atoms with E-state index in [4.69, 9.17) is 11.6 Å². The van der Waals surface area contributed by atoms with Crippen molar-refractivity contribution in [3.8, 4) is 5.69 Å². The summed E-state index contributed by atoms with van der Waals surface area (Å²) in [7, 11) is 0. The van der Waals surface area contributed by atoms with Crippen LogP contribution in [0.3, 0.4) is 0 Å². The van der Waals surface area contributed by atoms with Gasteiger partial charge in [0.25, 0.3) is 0 Å². The molecule has 2 atom stereocenters. The second-order valence-electron chi connectivity index (χ2n) is 8.65. The summed E-state index contributed by atoms with van der Waals surface area (Å²) in [6.45, 7) is 7.21. The van der Waals surface area contributed by atoms with Gasteiger partial charge in [0.05, 0.1) is 17.9 Å². The minimum Gasteiger partial charge on any atom is -0.386 e. The number of aliphatic hydroxyl groups excluding tert-OH is 1. The summed E-state index contributed by atoms with van der Waals surface area (Å²) in [6.07, 6.45) is 2.79. The molecule has 1 aromatic carbocycles. The average Bonchev–Trinajstić information content (AvgIpc) is 3.51. The lowest BCUT2D eigenvalue weighted by Gasteiger charge is -2.35. The number of piperazine rings is 1. The van der Waals surface area contributed by atoms with Crippen LogP contribution in [-0.2, 0) is 0 Å². The van der Waals surface area contributed by atoms with E-state index in [1.807, 2.05) is 26.0 Å². The van der Waals surface area contributed by atoms with E-state index < -0.39 is 12.1 Å². The first-order valence-corrected chi connectivity index (χ1v) is 13.0. The van der Waals surface area contributed by atoms with Gasteiger partial charge in [0.2, 0.25) is 5.13 Å². The van der Waals surface area contributed by atoms with Gasteiger partial charge in [-0.3, -0.25) is 0 Å². The van der Waals surface area contributed by atoms with Crippen molar-refractivity contribution in [2.45, 2.75) is 32.4 Å². The molecule has 1 aliphatic rings. The summed E-state index contributed by atoms with van der Waals surface area (Å²) >= 11 is 7.58. The Morgan fingerprint density at radius 2 is 1.78 bits per heavy atom. The Labute approximate surface area is 217 Å². The Morgan fingerprint density at radius 1 is 1.06 bits per heavy atom. The van der Waals surface area contributed by atoms with Crippen molar-refractivity contribution in [3.05, 3.63) is 75.0 Å². The number of aryl methyl sites for hydroxylation is 1. The first kappa shape index (κ1) is 24.4. The zero-order valence-corrected chi connectivity index (χ0v) is 21.6. The highest BCUT2D eigenvalue weighted by molar-refractivity contribution is 7.15. The molecular weight excluding hydrogens is 500 g/mol. The molecule has 0 unspecified atom stereocenters. The number of hydrogen-bond acceptors (Lipinski definition) is 9. The van der Waals surface area contributed by atoms with Gasteiger partial charge < -0.3 is 14.9 Å². The van der Waals surface area contributed by atoms with Crippen molar-refractivity contribution in [2.24, 2.45) is 0 Å². The summed E-state index contributed by atoms with van der Waals surface area (Å²) in [5.74, 6) is 0.858. The molecular formula is C24H27ClN8O2S. The van der Waals surface area contributed by atoms with Gasteiger partial charge in [-0.15, -0.1) is 10.2 Å². The zero-order chi connectivity index (χ0) is 25.2. The van der Waals surface area contributed by atoms with Gasteiger partial charge >= 0.3 is 5.69 Å². The second kappa shape index (κ2) is 10.4. The van der Waals surface area contributed by atoms with E-state index in [9.17, 15) is 9.90 Å². The summed E-state index contributed by atoms with van der Waals surface area (Å²) in [5.41, 5.74) is 0.972. The molecule has 10 nitrogen and oxygen atoms in total. The van der Waals surface area contributed by atoms with Crippen LogP contribution in [-0.4, -0.2) is 60.8 Å². The van der Waals surface area contributed by atoms with E-state index >= 15 is 0 Å². The van der Waals surface area contributed by atoms with Crippen molar-refractivity contribution < 1.29 is 5.11 Å². The van der Waals surface area contributed by atoms with E-state index in [0.29, 0.717) is 22.7 Å². The van der Waals surface area contributed by atoms with Crippen molar-refractivity contribution in [2.75, 3.05) is 36.0 Å². The van der Waals surface area contributed by atoms with Crippen LogP contribution in [0, 0.1) is 6.92 Å². The molecule has 1 aliphatic heterocycles. The van der Waals surface area contributed by atoms with Crippen LogP contribution in [0.2, 0.25) is 5.02 Å². The molecule has 0 aliphatic carbocycles. The smallest absolute Gasteiger partial charge is 0.350 e. The van der Waals surface area contributed by atoms with Crippen molar-refractivity contribution in [3.63, 3.8) is 0 Å². The Bertz CT molecular complexity index is 1360. The number of rotatable bonds is 7. The number of hydrogen-bond donors (Lipinski definition) is 1. The number of aromatic nitrogens is 6. The maximum absolute atomic E-state index is 13.2. The summed E-state index contributed by atoms with van der Waals surface area (Å²) in [5, 5.41) is 26.1. The predicted octanol–water partition coefficient (Wildman–Crippen LogP) is 3.25. The summed E-state index contributed by atoms with van der Waals surface area (Å²) in [4.78, 5) is 22.3. The normalized spacial score (nSPS) is 15.8. The van der Waals surface area contributed by atoms with Crippen LogP contribution in [0.4, 0.5) is 10.9 Å². The lowest BCUT2D eigenvalue weighted by Crippen LogP contribution is -2.46. The molecule has 1 saturated heterocycles. The molecule has 0 spiro atoms. The summed E-state index contributed by atoms with van der Waals surface area (Å²) in [6, 6.07) is 10.2. The molecule has 0 saturated carbocycles. The van der Waals surface area contributed by atoms with Crippen LogP contribution in [0.1, 0.15) is 36.1 Å². The lowest BCUT2D eigenvalue weighted by atomic mass is 10.0. The molecule has 0 radical (unpaired) electrons. The molecule has 3 aromatic heterocycles. The fourth-order valence-electron chi connectivity index (χ4n) is 4.38. The van der Waals surface area contributed by atoms with Gasteiger partial charge in [-0.1, -0.05) is 42.0 Å². The van der Waals surface area contributed by atoms with Crippen LogP contribution in [0.5, 0.6) is 0 Å². The van der Waals surface area contributed by atoms with Crippen LogP contribution in [0.15, 0.2) is 53.7 Å². The lowest BCUT2D eigenvalue weighted by molar-refractivity contribution is 0.101.